The van der Waals surface area contributed by atoms with Gasteiger partial charge in [-0.05, 0) is 56.0 Å². The van der Waals surface area contributed by atoms with Crippen LogP contribution in [0.1, 0.15) is 30.4 Å². The van der Waals surface area contributed by atoms with Crippen molar-refractivity contribution in [2.75, 3.05) is 12.4 Å². The number of anilines is 1. The van der Waals surface area contributed by atoms with Crippen LogP contribution in [-0.2, 0) is 9.59 Å². The molecule has 1 aliphatic heterocycles. The third kappa shape index (κ3) is 5.16. The number of amides is 2. The molecule has 0 spiro atoms. The second kappa shape index (κ2) is 9.22. The van der Waals surface area contributed by atoms with Crippen molar-refractivity contribution >= 4 is 45.8 Å². The summed E-state index contributed by atoms with van der Waals surface area (Å²) in [5.74, 6) is -0.258. The summed E-state index contributed by atoms with van der Waals surface area (Å²) in [7, 11) is 1.41. The van der Waals surface area contributed by atoms with Crippen LogP contribution in [-0.4, -0.2) is 45.2 Å². The van der Waals surface area contributed by atoms with Gasteiger partial charge in [0.05, 0.1) is 23.4 Å². The highest BCUT2D eigenvalue weighted by Gasteiger charge is 2.46. The fourth-order valence-corrected chi connectivity index (χ4v) is 4.98. The van der Waals surface area contributed by atoms with Crippen molar-refractivity contribution in [3.63, 3.8) is 0 Å². The number of rotatable bonds is 7. The number of non-ortho nitro benzene ring substituents is 1. The molecule has 1 unspecified atom stereocenters. The molecule has 1 saturated heterocycles. The van der Waals surface area contributed by atoms with E-state index >= 15 is 0 Å². The molecule has 0 radical (unpaired) electrons. The standard InChI is InChI=1S/C23H24N4O5S/c1-13-8-14(2)10-15(9-13)24-23-26(16-4-5-16)22(29)20(33-23)12-21(28)25-18-11-17(27(30)31)6-7-19(18)32-3/h6-11,16,20H,4-5,12H2,1-3H3,(H,25,28). The molecule has 4 rings (SSSR count). The second-order valence-electron chi connectivity index (χ2n) is 8.18. The number of amidine groups is 1. The number of methoxy groups -OCH3 is 1. The van der Waals surface area contributed by atoms with Gasteiger partial charge < -0.3 is 10.1 Å². The highest BCUT2D eigenvalue weighted by Crippen LogP contribution is 2.40. The minimum Gasteiger partial charge on any atom is -0.495 e. The Balaban J connectivity index is 1.52. The number of nitrogens with one attached hydrogen (secondary N) is 1. The van der Waals surface area contributed by atoms with Crippen molar-refractivity contribution in [2.24, 2.45) is 4.99 Å². The molecule has 10 heteroatoms. The van der Waals surface area contributed by atoms with Gasteiger partial charge >= 0.3 is 0 Å². The van der Waals surface area contributed by atoms with Crippen LogP contribution in [0.25, 0.3) is 0 Å². The topological polar surface area (TPSA) is 114 Å². The van der Waals surface area contributed by atoms with Crippen molar-refractivity contribution in [1.82, 2.24) is 4.90 Å². The first-order valence-electron chi connectivity index (χ1n) is 10.5. The predicted octanol–water partition coefficient (Wildman–Crippen LogP) is 4.34. The Morgan fingerprint density at radius 1 is 1.24 bits per heavy atom. The van der Waals surface area contributed by atoms with E-state index in [0.717, 1.165) is 29.7 Å². The number of benzene rings is 2. The Labute approximate surface area is 195 Å². The monoisotopic (exact) mass is 468 g/mol. The van der Waals surface area contributed by atoms with Gasteiger partial charge in [0.25, 0.3) is 5.69 Å². The molecule has 1 aliphatic carbocycles. The molecule has 0 aromatic heterocycles. The Hall–Kier alpha value is -3.40. The van der Waals surface area contributed by atoms with Crippen molar-refractivity contribution < 1.29 is 19.2 Å². The molecular formula is C23H24N4O5S. The molecule has 1 N–H and O–H groups in total. The van der Waals surface area contributed by atoms with Gasteiger partial charge in [0.1, 0.15) is 11.0 Å². The predicted molar refractivity (Wildman–Crippen MR) is 127 cm³/mol. The number of nitro benzene ring substituents is 1. The van der Waals surface area contributed by atoms with Crippen LogP contribution in [0.5, 0.6) is 5.75 Å². The van der Waals surface area contributed by atoms with Gasteiger partial charge in [0, 0.05) is 24.6 Å². The summed E-state index contributed by atoms with van der Waals surface area (Å²) in [4.78, 5) is 42.8. The fourth-order valence-electron chi connectivity index (χ4n) is 3.76. The summed E-state index contributed by atoms with van der Waals surface area (Å²) in [5, 5.41) is 13.7. The molecule has 1 saturated carbocycles. The van der Waals surface area contributed by atoms with E-state index in [-0.39, 0.29) is 29.7 Å². The number of nitrogens with zero attached hydrogens (tertiary/aromatic N) is 3. The van der Waals surface area contributed by atoms with E-state index in [0.29, 0.717) is 10.9 Å². The first kappa shape index (κ1) is 22.8. The SMILES string of the molecule is COc1ccc([N+](=O)[O-])cc1NC(=O)CC1SC(=Nc2cc(C)cc(C)c2)N(C2CC2)C1=O. The van der Waals surface area contributed by atoms with Gasteiger partial charge in [0.2, 0.25) is 11.8 Å². The number of carbonyl (C=O) groups excluding carboxylic acids is 2. The summed E-state index contributed by atoms with van der Waals surface area (Å²) in [6.07, 6.45) is 1.76. The van der Waals surface area contributed by atoms with E-state index in [1.807, 2.05) is 26.0 Å². The van der Waals surface area contributed by atoms with Crippen LogP contribution in [0.2, 0.25) is 0 Å². The number of ether oxygens (including phenoxy) is 1. The lowest BCUT2D eigenvalue weighted by Crippen LogP contribution is -2.35. The lowest BCUT2D eigenvalue weighted by Gasteiger charge is -2.15. The van der Waals surface area contributed by atoms with Gasteiger partial charge in [-0.2, -0.15) is 0 Å². The van der Waals surface area contributed by atoms with Crippen LogP contribution < -0.4 is 10.1 Å². The maximum atomic E-state index is 13.1. The molecule has 1 heterocycles. The fraction of sp³-hybridized carbons (Fsp3) is 0.348. The maximum absolute atomic E-state index is 13.1. The zero-order valence-electron chi connectivity index (χ0n) is 18.5. The maximum Gasteiger partial charge on any atom is 0.271 e. The van der Waals surface area contributed by atoms with Crippen LogP contribution in [0.3, 0.4) is 0 Å². The Bertz CT molecular complexity index is 1140. The van der Waals surface area contributed by atoms with Crippen molar-refractivity contribution in [1.29, 1.82) is 0 Å². The summed E-state index contributed by atoms with van der Waals surface area (Å²) in [6, 6.07) is 10.1. The normalized spacial score (nSPS) is 19.1. The van der Waals surface area contributed by atoms with Gasteiger partial charge in [-0.1, -0.05) is 17.8 Å². The molecule has 2 aromatic carbocycles. The van der Waals surface area contributed by atoms with Crippen LogP contribution >= 0.6 is 11.8 Å². The summed E-state index contributed by atoms with van der Waals surface area (Å²) < 4.78 is 5.19. The van der Waals surface area contributed by atoms with Crippen LogP contribution in [0.4, 0.5) is 17.1 Å². The van der Waals surface area contributed by atoms with E-state index in [1.165, 1.54) is 37.1 Å². The van der Waals surface area contributed by atoms with E-state index in [2.05, 4.69) is 11.4 Å². The smallest absolute Gasteiger partial charge is 0.271 e. The number of hydrogen-bond acceptors (Lipinski definition) is 7. The van der Waals surface area contributed by atoms with Crippen molar-refractivity contribution in [3.05, 3.63) is 57.6 Å². The second-order valence-corrected chi connectivity index (χ2v) is 9.35. The Morgan fingerprint density at radius 2 is 1.94 bits per heavy atom. The van der Waals surface area contributed by atoms with E-state index in [9.17, 15) is 19.7 Å². The van der Waals surface area contributed by atoms with Gasteiger partial charge in [0.15, 0.2) is 5.17 Å². The molecule has 2 amide bonds. The average molecular weight is 469 g/mol. The van der Waals surface area contributed by atoms with Crippen molar-refractivity contribution in [3.8, 4) is 5.75 Å². The first-order valence-corrected chi connectivity index (χ1v) is 11.4. The molecule has 9 nitrogen and oxygen atoms in total. The summed E-state index contributed by atoms with van der Waals surface area (Å²) in [6.45, 7) is 4.00. The third-order valence-electron chi connectivity index (χ3n) is 5.35. The average Bonchev–Trinajstić information content (AvgIpc) is 3.52. The molecular weight excluding hydrogens is 444 g/mol. The summed E-state index contributed by atoms with van der Waals surface area (Å²) in [5.41, 5.74) is 2.97. The van der Waals surface area contributed by atoms with Gasteiger partial charge in [-0.3, -0.25) is 24.6 Å². The number of carbonyl (C=O) groups is 2. The Kier molecular flexibility index (Phi) is 6.37. The first-order chi connectivity index (χ1) is 15.7. The van der Waals surface area contributed by atoms with E-state index < -0.39 is 16.1 Å². The molecule has 172 valence electrons. The highest BCUT2D eigenvalue weighted by atomic mass is 32.2. The number of thioether (sulfide) groups is 1. The zero-order valence-corrected chi connectivity index (χ0v) is 19.3. The van der Waals surface area contributed by atoms with Gasteiger partial charge in [-0.15, -0.1) is 0 Å². The van der Waals surface area contributed by atoms with Crippen molar-refractivity contribution in [2.45, 2.75) is 44.4 Å². The lowest BCUT2D eigenvalue weighted by molar-refractivity contribution is -0.384. The largest absolute Gasteiger partial charge is 0.495 e. The Morgan fingerprint density at radius 3 is 2.55 bits per heavy atom. The highest BCUT2D eigenvalue weighted by molar-refractivity contribution is 8.15. The van der Waals surface area contributed by atoms with Gasteiger partial charge in [-0.25, -0.2) is 4.99 Å². The lowest BCUT2D eigenvalue weighted by atomic mass is 10.1. The molecule has 2 fully saturated rings. The minimum absolute atomic E-state index is 0.0789. The number of nitro groups is 1. The van der Waals surface area contributed by atoms with E-state index in [1.54, 1.807) is 4.90 Å². The van der Waals surface area contributed by atoms with E-state index in [4.69, 9.17) is 9.73 Å². The third-order valence-corrected chi connectivity index (χ3v) is 6.50. The number of aliphatic imine (C=N–C) groups is 1. The molecule has 0 bridgehead atoms. The number of aryl methyl sites for hydroxylation is 2. The minimum atomic E-state index is -0.611. The van der Waals surface area contributed by atoms with Crippen LogP contribution in [0.15, 0.2) is 41.4 Å². The quantitative estimate of drug-likeness (QED) is 0.477. The molecule has 33 heavy (non-hydrogen) atoms. The number of hydrogen-bond donors (Lipinski definition) is 1. The molecule has 2 aromatic rings. The summed E-state index contributed by atoms with van der Waals surface area (Å²) >= 11 is 1.28. The molecule has 2 aliphatic rings. The zero-order chi connectivity index (χ0) is 23.7. The van der Waals surface area contributed by atoms with Crippen LogP contribution in [0, 0.1) is 24.0 Å². The molecule has 1 atom stereocenters.